The molecule has 5 nitrogen and oxygen atoms in total. The lowest BCUT2D eigenvalue weighted by molar-refractivity contribution is 0.112. The van der Waals surface area contributed by atoms with Crippen LogP contribution in [0.25, 0.3) is 0 Å². The van der Waals surface area contributed by atoms with E-state index in [9.17, 15) is 4.79 Å². The third-order valence-electron chi connectivity index (χ3n) is 2.67. The van der Waals surface area contributed by atoms with Crippen molar-refractivity contribution in [3.8, 4) is 0 Å². The Balaban J connectivity index is 1.76. The normalized spacial score (nSPS) is 19.0. The van der Waals surface area contributed by atoms with Gasteiger partial charge in [0.25, 0.3) is 0 Å². The van der Waals surface area contributed by atoms with Crippen LogP contribution in [0.1, 0.15) is 18.5 Å². The Hall–Kier alpha value is -1.62. The Morgan fingerprint density at radius 2 is 2.53 bits per heavy atom. The number of carbonyl (C=O) groups is 1. The molecule has 5 heteroatoms. The average molecular weight is 235 g/mol. The Bertz CT molecular complexity index is 389. The van der Waals surface area contributed by atoms with Gasteiger partial charge in [-0.15, -0.1) is 0 Å². The van der Waals surface area contributed by atoms with E-state index in [2.05, 4.69) is 15.6 Å². The van der Waals surface area contributed by atoms with Crippen LogP contribution in [0.15, 0.2) is 18.3 Å². The van der Waals surface area contributed by atoms with Crippen molar-refractivity contribution in [2.45, 2.75) is 25.9 Å². The first-order chi connectivity index (χ1) is 8.24. The second kappa shape index (κ2) is 5.63. The Morgan fingerprint density at radius 3 is 3.24 bits per heavy atom. The maximum absolute atomic E-state index is 11.6. The molecule has 17 heavy (non-hydrogen) atoms. The first-order valence-electron chi connectivity index (χ1n) is 5.83. The van der Waals surface area contributed by atoms with Gasteiger partial charge >= 0.3 is 6.03 Å². The third-order valence-corrected chi connectivity index (χ3v) is 2.67. The molecule has 1 unspecified atom stereocenters. The maximum Gasteiger partial charge on any atom is 0.319 e. The maximum atomic E-state index is 11.6. The fraction of sp³-hybridized carbons (Fsp3) is 0.500. The topological polar surface area (TPSA) is 63.2 Å². The SMILES string of the molecule is Cc1cc(NC(=O)NCC2CCCO2)ccn1. The van der Waals surface area contributed by atoms with Crippen molar-refractivity contribution in [3.05, 3.63) is 24.0 Å². The predicted molar refractivity (Wildman–Crippen MR) is 65.0 cm³/mol. The van der Waals surface area contributed by atoms with Crippen molar-refractivity contribution in [1.82, 2.24) is 10.3 Å². The third kappa shape index (κ3) is 3.71. The van der Waals surface area contributed by atoms with Crippen molar-refractivity contribution in [2.75, 3.05) is 18.5 Å². The molecule has 0 aliphatic carbocycles. The second-order valence-corrected chi connectivity index (χ2v) is 4.16. The number of nitrogens with one attached hydrogen (secondary N) is 2. The summed E-state index contributed by atoms with van der Waals surface area (Å²) in [6.45, 7) is 3.25. The lowest BCUT2D eigenvalue weighted by Gasteiger charge is -2.11. The molecule has 1 atom stereocenters. The van der Waals surface area contributed by atoms with E-state index in [1.807, 2.05) is 13.0 Å². The summed E-state index contributed by atoms with van der Waals surface area (Å²) in [4.78, 5) is 15.6. The zero-order valence-electron chi connectivity index (χ0n) is 9.90. The van der Waals surface area contributed by atoms with Gasteiger partial charge in [0, 0.05) is 30.7 Å². The summed E-state index contributed by atoms with van der Waals surface area (Å²) in [6, 6.07) is 3.38. The van der Waals surface area contributed by atoms with Gasteiger partial charge in [0.15, 0.2) is 0 Å². The standard InChI is InChI=1S/C12H17N3O2/c1-9-7-10(4-5-13-9)15-12(16)14-8-11-3-2-6-17-11/h4-5,7,11H,2-3,6,8H2,1H3,(H2,13,14,15,16). The summed E-state index contributed by atoms with van der Waals surface area (Å²) in [5.74, 6) is 0. The number of pyridine rings is 1. The number of carbonyl (C=O) groups excluding carboxylic acids is 1. The van der Waals surface area contributed by atoms with E-state index in [1.165, 1.54) is 0 Å². The van der Waals surface area contributed by atoms with Gasteiger partial charge in [0.2, 0.25) is 0 Å². The van der Waals surface area contributed by atoms with Gasteiger partial charge in [-0.1, -0.05) is 0 Å². The zero-order valence-corrected chi connectivity index (χ0v) is 9.90. The van der Waals surface area contributed by atoms with Crippen LogP contribution in [-0.4, -0.2) is 30.3 Å². The molecular formula is C12H17N3O2. The minimum Gasteiger partial charge on any atom is -0.376 e. The molecule has 1 aliphatic heterocycles. The number of nitrogens with zero attached hydrogens (tertiary/aromatic N) is 1. The van der Waals surface area contributed by atoms with E-state index in [-0.39, 0.29) is 12.1 Å². The number of aryl methyl sites for hydroxylation is 1. The highest BCUT2D eigenvalue weighted by molar-refractivity contribution is 5.89. The number of anilines is 1. The number of ether oxygens (including phenoxy) is 1. The van der Waals surface area contributed by atoms with Gasteiger partial charge in [0.05, 0.1) is 6.10 Å². The average Bonchev–Trinajstić information content (AvgIpc) is 2.79. The van der Waals surface area contributed by atoms with E-state index in [1.54, 1.807) is 12.3 Å². The van der Waals surface area contributed by atoms with Crippen molar-refractivity contribution >= 4 is 11.7 Å². The molecule has 1 aromatic heterocycles. The largest absolute Gasteiger partial charge is 0.376 e. The van der Waals surface area contributed by atoms with Crippen molar-refractivity contribution in [2.24, 2.45) is 0 Å². The first kappa shape index (κ1) is 11.9. The van der Waals surface area contributed by atoms with Crippen LogP contribution in [0.4, 0.5) is 10.5 Å². The molecule has 1 aromatic rings. The molecule has 1 aliphatic rings. The van der Waals surface area contributed by atoms with Crippen LogP contribution in [0, 0.1) is 6.92 Å². The summed E-state index contributed by atoms with van der Waals surface area (Å²) < 4.78 is 5.42. The highest BCUT2D eigenvalue weighted by atomic mass is 16.5. The van der Waals surface area contributed by atoms with E-state index in [4.69, 9.17) is 4.74 Å². The van der Waals surface area contributed by atoms with Gasteiger partial charge in [-0.2, -0.15) is 0 Å². The van der Waals surface area contributed by atoms with Gasteiger partial charge < -0.3 is 15.4 Å². The summed E-state index contributed by atoms with van der Waals surface area (Å²) in [5.41, 5.74) is 1.63. The summed E-state index contributed by atoms with van der Waals surface area (Å²) in [5, 5.41) is 5.56. The molecule has 1 fully saturated rings. The minimum absolute atomic E-state index is 0.167. The van der Waals surface area contributed by atoms with Crippen LogP contribution in [-0.2, 0) is 4.74 Å². The minimum atomic E-state index is -0.203. The molecule has 0 saturated carbocycles. The molecule has 2 heterocycles. The van der Waals surface area contributed by atoms with Gasteiger partial charge in [-0.3, -0.25) is 4.98 Å². The van der Waals surface area contributed by atoms with E-state index >= 15 is 0 Å². The lowest BCUT2D eigenvalue weighted by atomic mass is 10.2. The number of aromatic nitrogens is 1. The summed E-state index contributed by atoms with van der Waals surface area (Å²) >= 11 is 0. The number of hydrogen-bond donors (Lipinski definition) is 2. The fourth-order valence-electron chi connectivity index (χ4n) is 1.81. The van der Waals surface area contributed by atoms with Gasteiger partial charge in [-0.05, 0) is 31.9 Å². The van der Waals surface area contributed by atoms with Crippen LogP contribution in [0.2, 0.25) is 0 Å². The number of rotatable bonds is 3. The smallest absolute Gasteiger partial charge is 0.319 e. The quantitative estimate of drug-likeness (QED) is 0.838. The Morgan fingerprint density at radius 1 is 1.65 bits per heavy atom. The molecule has 2 rings (SSSR count). The lowest BCUT2D eigenvalue weighted by Crippen LogP contribution is -2.35. The molecule has 0 aromatic carbocycles. The second-order valence-electron chi connectivity index (χ2n) is 4.16. The zero-order chi connectivity index (χ0) is 12.1. The Kier molecular flexibility index (Phi) is 3.93. The van der Waals surface area contributed by atoms with Crippen LogP contribution < -0.4 is 10.6 Å². The number of hydrogen-bond acceptors (Lipinski definition) is 3. The van der Waals surface area contributed by atoms with Gasteiger partial charge in [0.1, 0.15) is 0 Å². The first-order valence-corrected chi connectivity index (χ1v) is 5.83. The van der Waals surface area contributed by atoms with Crippen LogP contribution in [0.3, 0.4) is 0 Å². The molecule has 0 bridgehead atoms. The highest BCUT2D eigenvalue weighted by Gasteiger charge is 2.15. The summed E-state index contributed by atoms with van der Waals surface area (Å²) in [7, 11) is 0. The van der Waals surface area contributed by atoms with Crippen molar-refractivity contribution in [3.63, 3.8) is 0 Å². The molecule has 92 valence electrons. The van der Waals surface area contributed by atoms with Crippen LogP contribution in [0.5, 0.6) is 0 Å². The van der Waals surface area contributed by atoms with E-state index in [0.717, 1.165) is 30.8 Å². The molecule has 2 amide bonds. The van der Waals surface area contributed by atoms with E-state index in [0.29, 0.717) is 6.54 Å². The van der Waals surface area contributed by atoms with Crippen molar-refractivity contribution in [1.29, 1.82) is 0 Å². The fourth-order valence-corrected chi connectivity index (χ4v) is 1.81. The number of amides is 2. The van der Waals surface area contributed by atoms with E-state index < -0.39 is 0 Å². The summed E-state index contributed by atoms with van der Waals surface area (Å²) in [6.07, 6.45) is 3.94. The number of urea groups is 1. The van der Waals surface area contributed by atoms with Gasteiger partial charge in [-0.25, -0.2) is 4.79 Å². The molecular weight excluding hydrogens is 218 g/mol. The highest BCUT2D eigenvalue weighted by Crippen LogP contribution is 2.11. The molecule has 2 N–H and O–H groups in total. The molecule has 1 saturated heterocycles. The monoisotopic (exact) mass is 235 g/mol. The Labute approximate surface area is 101 Å². The molecule has 0 spiro atoms. The van der Waals surface area contributed by atoms with Crippen LogP contribution >= 0.6 is 0 Å². The van der Waals surface area contributed by atoms with Crippen molar-refractivity contribution < 1.29 is 9.53 Å². The molecule has 0 radical (unpaired) electrons. The predicted octanol–water partition coefficient (Wildman–Crippen LogP) is 1.69.